The molecule has 2 aromatic rings. The van der Waals surface area contributed by atoms with E-state index in [-0.39, 0.29) is 5.78 Å². The van der Waals surface area contributed by atoms with Crippen LogP contribution in [0.2, 0.25) is 0 Å². The number of nitrogens with two attached hydrogens (primary N) is 1. The van der Waals surface area contributed by atoms with Crippen molar-refractivity contribution in [3.63, 3.8) is 0 Å². The molecule has 2 rings (SSSR count). The lowest BCUT2D eigenvalue weighted by Crippen LogP contribution is -2.08. The summed E-state index contributed by atoms with van der Waals surface area (Å²) in [6, 6.07) is 9.02. The monoisotopic (exact) mass is 215 g/mol. The van der Waals surface area contributed by atoms with Crippen molar-refractivity contribution in [3.05, 3.63) is 53.3 Å². The van der Waals surface area contributed by atoms with Crippen molar-refractivity contribution in [3.8, 4) is 0 Å². The third-order valence-corrected chi connectivity index (χ3v) is 2.51. The minimum absolute atomic E-state index is 0.0245. The van der Waals surface area contributed by atoms with E-state index in [0.717, 1.165) is 5.56 Å². The van der Waals surface area contributed by atoms with Gasteiger partial charge in [-0.15, -0.1) is 0 Å². The molecular weight excluding hydrogens is 202 g/mol. The predicted molar refractivity (Wildman–Crippen MR) is 61.0 cm³/mol. The van der Waals surface area contributed by atoms with Crippen LogP contribution in [0.15, 0.2) is 36.5 Å². The van der Waals surface area contributed by atoms with Gasteiger partial charge in [0.25, 0.3) is 0 Å². The highest BCUT2D eigenvalue weighted by molar-refractivity contribution is 6.07. The van der Waals surface area contributed by atoms with Gasteiger partial charge in [-0.3, -0.25) is 9.48 Å². The van der Waals surface area contributed by atoms with E-state index >= 15 is 0 Å². The lowest BCUT2D eigenvalue weighted by atomic mass is 10.1. The summed E-state index contributed by atoms with van der Waals surface area (Å²) in [5.74, 6) is -0.0245. The van der Waals surface area contributed by atoms with Crippen LogP contribution in [-0.4, -0.2) is 15.6 Å². The van der Waals surface area contributed by atoms with E-state index in [0.29, 0.717) is 17.8 Å². The lowest BCUT2D eigenvalue weighted by Gasteiger charge is -2.02. The number of carbonyl (C=O) groups excluding carboxylic acids is 1. The molecule has 0 bridgehead atoms. The Hall–Kier alpha value is -1.94. The van der Waals surface area contributed by atoms with Crippen LogP contribution in [0.1, 0.15) is 21.6 Å². The number of benzene rings is 1. The highest BCUT2D eigenvalue weighted by Crippen LogP contribution is 2.10. The van der Waals surface area contributed by atoms with E-state index in [4.69, 9.17) is 5.73 Å². The first-order chi connectivity index (χ1) is 7.72. The van der Waals surface area contributed by atoms with Crippen molar-refractivity contribution >= 4 is 5.78 Å². The third kappa shape index (κ3) is 1.87. The second kappa shape index (κ2) is 4.28. The normalized spacial score (nSPS) is 10.4. The van der Waals surface area contributed by atoms with E-state index in [1.54, 1.807) is 36.1 Å². The van der Waals surface area contributed by atoms with Crippen molar-refractivity contribution < 1.29 is 4.79 Å². The third-order valence-electron chi connectivity index (χ3n) is 2.51. The summed E-state index contributed by atoms with van der Waals surface area (Å²) in [4.78, 5) is 12.0. The van der Waals surface area contributed by atoms with Crippen LogP contribution in [0.5, 0.6) is 0 Å². The van der Waals surface area contributed by atoms with E-state index < -0.39 is 0 Å². The predicted octanol–water partition coefficient (Wildman–Crippen LogP) is 1.11. The van der Waals surface area contributed by atoms with Crippen LogP contribution in [0.25, 0.3) is 0 Å². The van der Waals surface area contributed by atoms with Crippen LogP contribution in [0.4, 0.5) is 0 Å². The van der Waals surface area contributed by atoms with Crippen molar-refractivity contribution in [1.82, 2.24) is 9.78 Å². The number of carbonyl (C=O) groups is 1. The van der Waals surface area contributed by atoms with Gasteiger partial charge in [0.15, 0.2) is 0 Å². The molecule has 0 radical (unpaired) electrons. The SMILES string of the molecule is Cn1nccc1C(=O)c1ccc(CN)cc1. The Balaban J connectivity index is 2.31. The first-order valence-corrected chi connectivity index (χ1v) is 5.04. The molecule has 0 aliphatic carbocycles. The van der Waals surface area contributed by atoms with Gasteiger partial charge in [-0.1, -0.05) is 24.3 Å². The second-order valence-electron chi connectivity index (χ2n) is 3.57. The fourth-order valence-electron chi connectivity index (χ4n) is 1.54. The fraction of sp³-hybridized carbons (Fsp3) is 0.167. The molecule has 0 aliphatic rings. The Kier molecular flexibility index (Phi) is 2.83. The molecule has 82 valence electrons. The van der Waals surface area contributed by atoms with Gasteiger partial charge in [0.2, 0.25) is 5.78 Å². The first kappa shape index (κ1) is 10.6. The largest absolute Gasteiger partial charge is 0.326 e. The molecule has 16 heavy (non-hydrogen) atoms. The zero-order valence-corrected chi connectivity index (χ0v) is 9.05. The van der Waals surface area contributed by atoms with Gasteiger partial charge in [-0.2, -0.15) is 5.10 Å². The number of hydrogen-bond acceptors (Lipinski definition) is 3. The molecule has 0 atom stereocenters. The molecule has 0 spiro atoms. The molecule has 4 heteroatoms. The number of ketones is 1. The molecule has 4 nitrogen and oxygen atoms in total. The molecule has 2 N–H and O–H groups in total. The summed E-state index contributed by atoms with van der Waals surface area (Å²) in [5, 5.41) is 3.97. The van der Waals surface area contributed by atoms with Crippen molar-refractivity contribution in [1.29, 1.82) is 0 Å². The second-order valence-corrected chi connectivity index (χ2v) is 3.57. The van der Waals surface area contributed by atoms with Gasteiger partial charge in [-0.25, -0.2) is 0 Å². The maximum atomic E-state index is 12.0. The van der Waals surface area contributed by atoms with Crippen LogP contribution >= 0.6 is 0 Å². The zero-order valence-electron chi connectivity index (χ0n) is 9.05. The van der Waals surface area contributed by atoms with E-state index in [9.17, 15) is 4.79 Å². The van der Waals surface area contributed by atoms with E-state index in [1.807, 2.05) is 12.1 Å². The standard InChI is InChI=1S/C12H13N3O/c1-15-11(6-7-14-15)12(16)10-4-2-9(8-13)3-5-10/h2-7H,8,13H2,1H3. The average molecular weight is 215 g/mol. The minimum Gasteiger partial charge on any atom is -0.326 e. The molecule has 0 fully saturated rings. The van der Waals surface area contributed by atoms with Gasteiger partial charge in [-0.05, 0) is 11.6 Å². The molecule has 0 amide bonds. The van der Waals surface area contributed by atoms with Gasteiger partial charge in [0.05, 0.1) is 0 Å². The highest BCUT2D eigenvalue weighted by atomic mass is 16.1. The molecule has 0 saturated heterocycles. The smallest absolute Gasteiger partial charge is 0.211 e. The summed E-state index contributed by atoms with van der Waals surface area (Å²) in [6.07, 6.45) is 1.61. The summed E-state index contributed by atoms with van der Waals surface area (Å²) >= 11 is 0. The zero-order chi connectivity index (χ0) is 11.5. The quantitative estimate of drug-likeness (QED) is 0.780. The van der Waals surface area contributed by atoms with Crippen LogP contribution in [0, 0.1) is 0 Å². The Labute approximate surface area is 93.7 Å². The molecular formula is C12H13N3O. The van der Waals surface area contributed by atoms with Gasteiger partial charge in [0, 0.05) is 25.4 Å². The molecule has 1 heterocycles. The van der Waals surface area contributed by atoms with Crippen LogP contribution in [0.3, 0.4) is 0 Å². The minimum atomic E-state index is -0.0245. The Morgan fingerprint density at radius 1 is 1.31 bits per heavy atom. The summed E-state index contributed by atoms with van der Waals surface area (Å²) in [7, 11) is 1.75. The molecule has 0 saturated carbocycles. The molecule has 1 aromatic carbocycles. The van der Waals surface area contributed by atoms with Crippen LogP contribution < -0.4 is 5.73 Å². The Morgan fingerprint density at radius 2 is 2.00 bits per heavy atom. The maximum absolute atomic E-state index is 12.0. The van der Waals surface area contributed by atoms with Crippen molar-refractivity contribution in [2.24, 2.45) is 12.8 Å². The van der Waals surface area contributed by atoms with Gasteiger partial charge < -0.3 is 5.73 Å². The number of aromatic nitrogens is 2. The molecule has 0 unspecified atom stereocenters. The summed E-state index contributed by atoms with van der Waals surface area (Å²) < 4.78 is 1.57. The van der Waals surface area contributed by atoms with E-state index in [1.165, 1.54) is 0 Å². The number of hydrogen-bond donors (Lipinski definition) is 1. The summed E-state index contributed by atoms with van der Waals surface area (Å²) in [5.41, 5.74) is 7.75. The Bertz CT molecular complexity index is 499. The van der Waals surface area contributed by atoms with Crippen molar-refractivity contribution in [2.45, 2.75) is 6.54 Å². The van der Waals surface area contributed by atoms with Gasteiger partial charge >= 0.3 is 0 Å². The van der Waals surface area contributed by atoms with Crippen molar-refractivity contribution in [2.75, 3.05) is 0 Å². The lowest BCUT2D eigenvalue weighted by molar-refractivity contribution is 0.103. The number of rotatable bonds is 3. The van der Waals surface area contributed by atoms with Crippen LogP contribution in [-0.2, 0) is 13.6 Å². The number of nitrogens with zero attached hydrogens (tertiary/aromatic N) is 2. The first-order valence-electron chi connectivity index (χ1n) is 5.04. The fourth-order valence-corrected chi connectivity index (χ4v) is 1.54. The molecule has 0 aliphatic heterocycles. The Morgan fingerprint density at radius 3 is 2.50 bits per heavy atom. The topological polar surface area (TPSA) is 60.9 Å². The highest BCUT2D eigenvalue weighted by Gasteiger charge is 2.11. The average Bonchev–Trinajstić information content (AvgIpc) is 2.75. The number of aryl methyl sites for hydroxylation is 1. The maximum Gasteiger partial charge on any atom is 0.211 e. The van der Waals surface area contributed by atoms with E-state index in [2.05, 4.69) is 5.10 Å². The van der Waals surface area contributed by atoms with Gasteiger partial charge in [0.1, 0.15) is 5.69 Å². The summed E-state index contributed by atoms with van der Waals surface area (Å²) in [6.45, 7) is 0.486. The molecule has 1 aromatic heterocycles.